The lowest BCUT2D eigenvalue weighted by Crippen LogP contribution is -2.18. The number of nitrogen functional groups attached to an aromatic ring is 1. The molecule has 6 nitrogen and oxygen atoms in total. The maximum atomic E-state index is 11.1. The van der Waals surface area contributed by atoms with E-state index >= 15 is 0 Å². The second-order valence-electron chi connectivity index (χ2n) is 2.78. The first kappa shape index (κ1) is 13.0. The molecule has 1 aromatic rings. The molecule has 0 aliphatic carbocycles. The van der Waals surface area contributed by atoms with E-state index in [0.29, 0.717) is 10.9 Å². The molecular weight excluding hydrogens is 298 g/mol. The number of esters is 1. The zero-order valence-corrected chi connectivity index (χ0v) is 10.8. The molecule has 1 aromatic heterocycles. The number of ether oxygens (including phenoxy) is 1. The Morgan fingerprint density at radius 1 is 1.81 bits per heavy atom. The molecular formula is C8H10BrN3O3S. The van der Waals surface area contributed by atoms with Crippen molar-refractivity contribution < 1.29 is 9.53 Å². The number of carbonyl (C=O) groups excluding carboxylic acids is 1. The van der Waals surface area contributed by atoms with Gasteiger partial charge in [0.1, 0.15) is 10.6 Å². The molecule has 0 radical (unpaired) electrons. The van der Waals surface area contributed by atoms with E-state index in [0.717, 1.165) is 0 Å². The molecule has 8 heteroatoms. The van der Waals surface area contributed by atoms with Gasteiger partial charge in [0.15, 0.2) is 5.16 Å². The highest BCUT2D eigenvalue weighted by Gasteiger charge is 2.15. The number of hydrogen-bond acceptors (Lipinski definition) is 6. The van der Waals surface area contributed by atoms with E-state index < -0.39 is 4.83 Å². The summed E-state index contributed by atoms with van der Waals surface area (Å²) >= 11 is 4.36. The molecule has 1 unspecified atom stereocenters. The molecule has 0 fully saturated rings. The largest absolute Gasteiger partial charge is 0.468 e. The fourth-order valence-electron chi connectivity index (χ4n) is 0.870. The van der Waals surface area contributed by atoms with Gasteiger partial charge in [0, 0.05) is 11.8 Å². The number of nitrogens with zero attached hydrogens (tertiary/aromatic N) is 1. The van der Waals surface area contributed by atoms with Crippen LogP contribution in [-0.2, 0) is 9.53 Å². The van der Waals surface area contributed by atoms with Crippen LogP contribution in [0, 0.1) is 0 Å². The van der Waals surface area contributed by atoms with Gasteiger partial charge in [-0.15, -0.1) is 0 Å². The number of aromatic nitrogens is 2. The van der Waals surface area contributed by atoms with Crippen LogP contribution in [0.3, 0.4) is 0 Å². The molecule has 0 spiro atoms. The number of H-pyrrole nitrogens is 1. The maximum absolute atomic E-state index is 11.1. The predicted octanol–water partition coefficient (Wildman–Crippen LogP) is 0.381. The van der Waals surface area contributed by atoms with Crippen molar-refractivity contribution >= 4 is 39.5 Å². The Morgan fingerprint density at radius 2 is 2.50 bits per heavy atom. The van der Waals surface area contributed by atoms with E-state index in [4.69, 9.17) is 5.73 Å². The van der Waals surface area contributed by atoms with Gasteiger partial charge in [-0.3, -0.25) is 9.59 Å². The van der Waals surface area contributed by atoms with E-state index in [1.807, 2.05) is 0 Å². The van der Waals surface area contributed by atoms with Crippen LogP contribution in [0.15, 0.2) is 16.0 Å². The van der Waals surface area contributed by atoms with E-state index in [1.54, 1.807) is 0 Å². The summed E-state index contributed by atoms with van der Waals surface area (Å²) in [6, 6.07) is 1.19. The third kappa shape index (κ3) is 3.86. The molecule has 1 atom stereocenters. The van der Waals surface area contributed by atoms with Crippen molar-refractivity contribution in [1.82, 2.24) is 9.97 Å². The predicted molar refractivity (Wildman–Crippen MR) is 64.7 cm³/mol. The Labute approximate surface area is 104 Å². The van der Waals surface area contributed by atoms with Crippen molar-refractivity contribution in [2.24, 2.45) is 0 Å². The highest BCUT2D eigenvalue weighted by molar-refractivity contribution is 9.10. The molecule has 0 bridgehead atoms. The Hall–Kier alpha value is -1.02. The zero-order chi connectivity index (χ0) is 12.1. The van der Waals surface area contributed by atoms with Crippen LogP contribution in [0.1, 0.15) is 0 Å². The molecule has 0 amide bonds. The fraction of sp³-hybridized carbons (Fsp3) is 0.375. The number of hydrogen-bond donors (Lipinski definition) is 2. The van der Waals surface area contributed by atoms with Gasteiger partial charge in [-0.25, -0.2) is 4.98 Å². The van der Waals surface area contributed by atoms with Gasteiger partial charge in [0.05, 0.1) is 7.11 Å². The van der Waals surface area contributed by atoms with Crippen molar-refractivity contribution in [2.75, 3.05) is 18.6 Å². The van der Waals surface area contributed by atoms with Gasteiger partial charge in [0.2, 0.25) is 0 Å². The van der Waals surface area contributed by atoms with E-state index in [2.05, 4.69) is 30.6 Å². The monoisotopic (exact) mass is 307 g/mol. The summed E-state index contributed by atoms with van der Waals surface area (Å²) in [4.78, 5) is 28.1. The second-order valence-corrected chi connectivity index (χ2v) is 4.89. The van der Waals surface area contributed by atoms with E-state index in [1.165, 1.54) is 24.9 Å². The molecule has 0 aliphatic heterocycles. The summed E-state index contributed by atoms with van der Waals surface area (Å²) in [6.45, 7) is 0. The summed E-state index contributed by atoms with van der Waals surface area (Å²) in [5, 5.41) is 0.373. The molecule has 0 aromatic carbocycles. The molecule has 16 heavy (non-hydrogen) atoms. The van der Waals surface area contributed by atoms with Crippen LogP contribution in [0.5, 0.6) is 0 Å². The van der Waals surface area contributed by atoms with Gasteiger partial charge >= 0.3 is 5.97 Å². The summed E-state index contributed by atoms with van der Waals surface area (Å²) < 4.78 is 4.53. The average molecular weight is 308 g/mol. The van der Waals surface area contributed by atoms with Gasteiger partial charge < -0.3 is 15.5 Å². The minimum atomic E-state index is -0.450. The third-order valence-electron chi connectivity index (χ3n) is 1.56. The normalized spacial score (nSPS) is 12.1. The van der Waals surface area contributed by atoms with Crippen LogP contribution in [0.25, 0.3) is 0 Å². The number of halogens is 1. The number of nitrogens with one attached hydrogen (secondary N) is 1. The number of nitrogens with two attached hydrogens (primary N) is 1. The van der Waals surface area contributed by atoms with Crippen molar-refractivity contribution in [1.29, 1.82) is 0 Å². The van der Waals surface area contributed by atoms with E-state index in [-0.39, 0.29) is 17.3 Å². The van der Waals surface area contributed by atoms with Gasteiger partial charge in [-0.1, -0.05) is 27.7 Å². The molecule has 0 saturated heterocycles. The Morgan fingerprint density at radius 3 is 3.06 bits per heavy atom. The first-order valence-electron chi connectivity index (χ1n) is 4.24. The van der Waals surface area contributed by atoms with Crippen LogP contribution in [0.4, 0.5) is 5.82 Å². The van der Waals surface area contributed by atoms with Gasteiger partial charge in [-0.05, 0) is 0 Å². The van der Waals surface area contributed by atoms with Crippen LogP contribution >= 0.6 is 27.7 Å². The highest BCUT2D eigenvalue weighted by Crippen LogP contribution is 2.17. The first-order valence-corrected chi connectivity index (χ1v) is 6.14. The summed E-state index contributed by atoms with van der Waals surface area (Å²) in [7, 11) is 1.31. The van der Waals surface area contributed by atoms with Crippen LogP contribution < -0.4 is 11.3 Å². The summed E-state index contributed by atoms with van der Waals surface area (Å²) in [6.07, 6.45) is 0. The lowest BCUT2D eigenvalue weighted by molar-refractivity contribution is -0.139. The molecule has 0 aliphatic rings. The molecule has 88 valence electrons. The van der Waals surface area contributed by atoms with Crippen molar-refractivity contribution in [2.45, 2.75) is 9.98 Å². The van der Waals surface area contributed by atoms with Crippen molar-refractivity contribution in [3.63, 3.8) is 0 Å². The standard InChI is InChI=1S/C8H10BrN3O3S/c1-15-7(14)4(9)3-16-8-11-5(10)2-6(13)12-8/h2,4H,3H2,1H3,(H3,10,11,12,13). The SMILES string of the molecule is COC(=O)C(Br)CSc1nc(N)cc(=O)[nH]1. The smallest absolute Gasteiger partial charge is 0.320 e. The lowest BCUT2D eigenvalue weighted by Gasteiger charge is -2.06. The van der Waals surface area contributed by atoms with Crippen molar-refractivity contribution in [3.05, 3.63) is 16.4 Å². The van der Waals surface area contributed by atoms with Gasteiger partial charge in [-0.2, -0.15) is 0 Å². The average Bonchev–Trinajstić information content (AvgIpc) is 2.23. The van der Waals surface area contributed by atoms with Crippen molar-refractivity contribution in [3.8, 4) is 0 Å². The third-order valence-corrected chi connectivity index (χ3v) is 3.66. The van der Waals surface area contributed by atoms with E-state index in [9.17, 15) is 9.59 Å². The Bertz CT molecular complexity index is 437. The molecule has 1 rings (SSSR count). The number of carbonyl (C=O) groups is 1. The topological polar surface area (TPSA) is 98.1 Å². The Balaban J connectivity index is 2.61. The van der Waals surface area contributed by atoms with Crippen LogP contribution in [-0.4, -0.2) is 33.6 Å². The fourth-order valence-corrected chi connectivity index (χ4v) is 2.24. The number of methoxy groups -OCH3 is 1. The Kier molecular flexibility index (Phi) is 4.81. The number of thioether (sulfide) groups is 1. The lowest BCUT2D eigenvalue weighted by atomic mass is 10.5. The zero-order valence-electron chi connectivity index (χ0n) is 8.40. The van der Waals surface area contributed by atoms with Gasteiger partial charge in [0.25, 0.3) is 5.56 Å². The summed E-state index contributed by atoms with van der Waals surface area (Å²) in [5.41, 5.74) is 5.08. The maximum Gasteiger partial charge on any atom is 0.320 e. The minimum Gasteiger partial charge on any atom is -0.468 e. The number of alkyl halides is 1. The number of anilines is 1. The molecule has 1 heterocycles. The van der Waals surface area contributed by atoms with Crippen LogP contribution in [0.2, 0.25) is 0 Å². The quantitative estimate of drug-likeness (QED) is 0.361. The molecule has 0 saturated carbocycles. The second kappa shape index (κ2) is 5.90. The molecule has 3 N–H and O–H groups in total. The number of rotatable bonds is 4. The summed E-state index contributed by atoms with van der Waals surface area (Å²) in [5.74, 6) is 0.160. The first-order chi connectivity index (χ1) is 7.52. The highest BCUT2D eigenvalue weighted by atomic mass is 79.9. The minimum absolute atomic E-state index is 0.149. The number of aromatic amines is 1.